The van der Waals surface area contributed by atoms with Crippen LogP contribution in [0.15, 0.2) is 79.0 Å². The Morgan fingerprint density at radius 2 is 1.78 bits per heavy atom. The first kappa shape index (κ1) is 33.1. The van der Waals surface area contributed by atoms with Gasteiger partial charge in [0.25, 0.3) is 0 Å². The van der Waals surface area contributed by atoms with E-state index in [1.54, 1.807) is 13.1 Å². The maximum Gasteiger partial charge on any atom is 0.408 e. The molecule has 1 atom stereocenters. The van der Waals surface area contributed by atoms with Gasteiger partial charge >= 0.3 is 6.09 Å². The Morgan fingerprint density at radius 3 is 2.46 bits per heavy atom. The molecule has 2 aliphatic rings. The Labute approximate surface area is 292 Å². The molecule has 2 amide bonds. The normalized spacial score (nSPS) is 17.0. The number of carbonyl (C=O) groups excluding carboxylic acids is 2. The minimum Gasteiger partial charge on any atom is -0.444 e. The molecule has 3 N–H and O–H groups in total. The standard InChI is InChI=1S/C39H44N8O3/c1-25(48)45(5)30-18-22-46(24-30)29-10-6-9-26(23-29)32-16-17-33-36(42-32)47(35(43-33)31-11-7-21-41-34(31)40)28-14-12-27(13-15-28)39(19-8-20-39)44-37(49)50-38(2,3)4/h6-7,9-17,21,23,30H,8,18-20,22,24H2,1-5H3,(H2,40,41)(H,44,49)/t30-/m1/s1. The maximum absolute atomic E-state index is 12.8. The first-order valence-corrected chi connectivity index (χ1v) is 17.2. The van der Waals surface area contributed by atoms with Gasteiger partial charge < -0.3 is 25.6 Å². The zero-order valence-corrected chi connectivity index (χ0v) is 29.3. The van der Waals surface area contributed by atoms with Crippen molar-refractivity contribution in [3.63, 3.8) is 0 Å². The summed E-state index contributed by atoms with van der Waals surface area (Å²) in [6, 6.07) is 24.6. The van der Waals surface area contributed by atoms with Gasteiger partial charge in [-0.15, -0.1) is 0 Å². The lowest BCUT2D eigenvalue weighted by Crippen LogP contribution is -2.52. The average Bonchev–Trinajstić information content (AvgIpc) is 3.71. The molecule has 11 heteroatoms. The Kier molecular flexibility index (Phi) is 8.45. The quantitative estimate of drug-likeness (QED) is 0.196. The number of nitrogens with two attached hydrogens (primary N) is 1. The van der Waals surface area contributed by atoms with E-state index < -0.39 is 17.2 Å². The molecule has 1 saturated heterocycles. The van der Waals surface area contributed by atoms with E-state index in [-0.39, 0.29) is 11.9 Å². The van der Waals surface area contributed by atoms with Gasteiger partial charge in [0.1, 0.15) is 16.9 Å². The van der Waals surface area contributed by atoms with E-state index in [2.05, 4.69) is 51.6 Å². The summed E-state index contributed by atoms with van der Waals surface area (Å²) in [4.78, 5) is 43.5. The Morgan fingerprint density at radius 1 is 1.00 bits per heavy atom. The molecule has 5 aromatic rings. The Bertz CT molecular complexity index is 2060. The highest BCUT2D eigenvalue weighted by Crippen LogP contribution is 2.42. The minimum atomic E-state index is -0.580. The van der Waals surface area contributed by atoms with Crippen molar-refractivity contribution in [1.82, 2.24) is 29.7 Å². The number of imidazole rings is 1. The fourth-order valence-electron chi connectivity index (χ4n) is 7.01. The van der Waals surface area contributed by atoms with Crippen molar-refractivity contribution in [2.24, 2.45) is 0 Å². The number of ether oxygens (including phenoxy) is 1. The number of benzene rings is 2. The molecular weight excluding hydrogens is 628 g/mol. The largest absolute Gasteiger partial charge is 0.444 e. The molecule has 0 bridgehead atoms. The fraction of sp³-hybridized carbons (Fsp3) is 0.359. The van der Waals surface area contributed by atoms with Crippen LogP contribution in [-0.2, 0) is 15.1 Å². The zero-order chi connectivity index (χ0) is 35.2. The molecule has 7 rings (SSSR count). The van der Waals surface area contributed by atoms with E-state index in [4.69, 9.17) is 20.4 Å². The van der Waals surface area contributed by atoms with Crippen molar-refractivity contribution < 1.29 is 14.3 Å². The number of hydrogen-bond acceptors (Lipinski definition) is 8. The second kappa shape index (κ2) is 12.8. The number of nitrogens with one attached hydrogen (secondary N) is 1. The van der Waals surface area contributed by atoms with E-state index in [1.165, 1.54) is 0 Å². The summed E-state index contributed by atoms with van der Waals surface area (Å²) in [5.41, 5.74) is 12.2. The van der Waals surface area contributed by atoms with Crippen molar-refractivity contribution >= 4 is 34.7 Å². The minimum absolute atomic E-state index is 0.0850. The van der Waals surface area contributed by atoms with Crippen LogP contribution in [0.4, 0.5) is 16.3 Å². The monoisotopic (exact) mass is 672 g/mol. The highest BCUT2D eigenvalue weighted by atomic mass is 16.6. The van der Waals surface area contributed by atoms with Gasteiger partial charge in [-0.1, -0.05) is 24.3 Å². The van der Waals surface area contributed by atoms with Gasteiger partial charge in [-0.05, 0) is 101 Å². The van der Waals surface area contributed by atoms with E-state index in [0.717, 1.165) is 72.5 Å². The topological polar surface area (TPSA) is 132 Å². The molecule has 50 heavy (non-hydrogen) atoms. The second-order valence-corrected chi connectivity index (χ2v) is 14.4. The van der Waals surface area contributed by atoms with Crippen LogP contribution in [0.3, 0.4) is 0 Å². The van der Waals surface area contributed by atoms with Gasteiger partial charge in [-0.3, -0.25) is 9.36 Å². The molecular formula is C39H44N8O3. The van der Waals surface area contributed by atoms with Gasteiger partial charge in [0.05, 0.1) is 22.8 Å². The number of amides is 2. The molecule has 4 heterocycles. The summed E-state index contributed by atoms with van der Waals surface area (Å²) in [6.07, 6.45) is 4.89. The molecule has 1 aliphatic heterocycles. The number of carbonyl (C=O) groups is 2. The molecule has 2 fully saturated rings. The van der Waals surface area contributed by atoms with E-state index in [9.17, 15) is 9.59 Å². The van der Waals surface area contributed by atoms with Crippen LogP contribution in [0, 0.1) is 0 Å². The molecule has 1 saturated carbocycles. The number of nitrogen functional groups attached to an aromatic ring is 1. The van der Waals surface area contributed by atoms with Gasteiger partial charge in [-0.25, -0.2) is 19.7 Å². The fourth-order valence-corrected chi connectivity index (χ4v) is 7.01. The number of hydrogen-bond donors (Lipinski definition) is 2. The highest BCUT2D eigenvalue weighted by Gasteiger charge is 2.41. The molecule has 1 aliphatic carbocycles. The highest BCUT2D eigenvalue weighted by molar-refractivity contribution is 5.85. The molecule has 0 unspecified atom stereocenters. The molecule has 258 valence electrons. The summed E-state index contributed by atoms with van der Waals surface area (Å²) in [7, 11) is 1.88. The summed E-state index contributed by atoms with van der Waals surface area (Å²) < 4.78 is 7.62. The van der Waals surface area contributed by atoms with Crippen LogP contribution in [0.1, 0.15) is 58.9 Å². The summed E-state index contributed by atoms with van der Waals surface area (Å²) in [5, 5.41) is 3.16. The van der Waals surface area contributed by atoms with Crippen molar-refractivity contribution in [3.05, 3.63) is 84.6 Å². The molecule has 2 aromatic carbocycles. The molecule has 11 nitrogen and oxygen atoms in total. The third-order valence-corrected chi connectivity index (χ3v) is 9.92. The lowest BCUT2D eigenvalue weighted by molar-refractivity contribution is -0.129. The number of aromatic nitrogens is 4. The summed E-state index contributed by atoms with van der Waals surface area (Å²) in [5.74, 6) is 1.10. The number of rotatable bonds is 7. The predicted molar refractivity (Wildman–Crippen MR) is 196 cm³/mol. The van der Waals surface area contributed by atoms with E-state index >= 15 is 0 Å². The Hall–Kier alpha value is -5.45. The van der Waals surface area contributed by atoms with Gasteiger partial charge in [-0.2, -0.15) is 0 Å². The maximum atomic E-state index is 12.8. The van der Waals surface area contributed by atoms with Crippen LogP contribution < -0.4 is 16.0 Å². The Balaban J connectivity index is 1.26. The van der Waals surface area contributed by atoms with Gasteiger partial charge in [0, 0.05) is 50.2 Å². The lowest BCUT2D eigenvalue weighted by atomic mass is 9.72. The van der Waals surface area contributed by atoms with Crippen LogP contribution in [0.2, 0.25) is 0 Å². The molecule has 0 radical (unpaired) electrons. The smallest absolute Gasteiger partial charge is 0.408 e. The number of alkyl carbamates (subject to hydrolysis) is 1. The van der Waals surface area contributed by atoms with Crippen molar-refractivity contribution in [2.45, 2.75) is 70.6 Å². The van der Waals surface area contributed by atoms with Crippen molar-refractivity contribution in [2.75, 3.05) is 30.8 Å². The van der Waals surface area contributed by atoms with Gasteiger partial charge in [0.2, 0.25) is 5.91 Å². The molecule has 3 aromatic heterocycles. The summed E-state index contributed by atoms with van der Waals surface area (Å²) in [6.45, 7) is 8.89. The number of likely N-dealkylation sites (N-methyl/N-ethyl adjacent to an activating group) is 1. The summed E-state index contributed by atoms with van der Waals surface area (Å²) >= 11 is 0. The third kappa shape index (κ3) is 6.35. The number of fused-ring (bicyclic) bond motifs is 1. The first-order chi connectivity index (χ1) is 23.9. The zero-order valence-electron chi connectivity index (χ0n) is 29.3. The van der Waals surface area contributed by atoms with Crippen LogP contribution >= 0.6 is 0 Å². The van der Waals surface area contributed by atoms with Crippen LogP contribution in [0.5, 0.6) is 0 Å². The SMILES string of the molecule is CC(=O)N(C)[C@@H]1CCN(c2cccc(-c3ccc4nc(-c5cccnc5N)n(-c5ccc(C6(NC(=O)OC(C)(C)C)CCC6)cc5)c4n3)c2)C1. The first-order valence-electron chi connectivity index (χ1n) is 17.2. The number of anilines is 2. The number of pyridine rings is 2. The van der Waals surface area contributed by atoms with Crippen molar-refractivity contribution in [1.29, 1.82) is 0 Å². The average molecular weight is 673 g/mol. The second-order valence-electron chi connectivity index (χ2n) is 14.4. The van der Waals surface area contributed by atoms with Gasteiger partial charge in [0.15, 0.2) is 11.5 Å². The predicted octanol–water partition coefficient (Wildman–Crippen LogP) is 6.69. The molecule has 0 spiro atoms. The van der Waals surface area contributed by atoms with Crippen LogP contribution in [-0.4, -0.2) is 68.2 Å². The third-order valence-electron chi connectivity index (χ3n) is 9.92. The lowest BCUT2D eigenvalue weighted by Gasteiger charge is -2.43. The van der Waals surface area contributed by atoms with Crippen molar-refractivity contribution in [3.8, 4) is 28.3 Å². The van der Waals surface area contributed by atoms with Crippen LogP contribution in [0.25, 0.3) is 39.5 Å². The van der Waals surface area contributed by atoms with E-state index in [1.807, 2.05) is 73.7 Å². The number of nitrogens with zero attached hydrogens (tertiary/aromatic N) is 6. The van der Waals surface area contributed by atoms with E-state index in [0.29, 0.717) is 22.9 Å².